The molecule has 0 spiro atoms. The molecular formula is C27H29N7O2. The summed E-state index contributed by atoms with van der Waals surface area (Å²) in [6.45, 7) is 6.25. The van der Waals surface area contributed by atoms with Crippen LogP contribution >= 0.6 is 0 Å². The van der Waals surface area contributed by atoms with Gasteiger partial charge in [-0.2, -0.15) is 5.10 Å². The number of rotatable bonds is 7. The summed E-state index contributed by atoms with van der Waals surface area (Å²) in [6, 6.07) is 14.2. The van der Waals surface area contributed by atoms with Crippen LogP contribution < -0.4 is 0 Å². The van der Waals surface area contributed by atoms with Crippen LogP contribution in [0.4, 0.5) is 0 Å². The molecule has 0 amide bonds. The molecule has 5 heterocycles. The fourth-order valence-electron chi connectivity index (χ4n) is 4.66. The van der Waals surface area contributed by atoms with Gasteiger partial charge in [-0.3, -0.25) is 9.67 Å². The number of nitrogens with zero attached hydrogens (tertiary/aromatic N) is 7. The van der Waals surface area contributed by atoms with Gasteiger partial charge in [0.15, 0.2) is 11.9 Å². The number of benzene rings is 1. The molecule has 1 saturated heterocycles. The fraction of sp³-hybridized carbons (Fsp3) is 0.370. The highest BCUT2D eigenvalue weighted by molar-refractivity contribution is 5.79. The predicted octanol–water partition coefficient (Wildman–Crippen LogP) is 4.56. The predicted molar refractivity (Wildman–Crippen MR) is 136 cm³/mol. The van der Waals surface area contributed by atoms with Crippen LogP contribution in [0.25, 0.3) is 33.3 Å². The maximum absolute atomic E-state index is 5.85. The lowest BCUT2D eigenvalue weighted by Crippen LogP contribution is -2.29. The van der Waals surface area contributed by atoms with Gasteiger partial charge in [-0.1, -0.05) is 17.3 Å². The second-order valence-electron chi connectivity index (χ2n) is 9.67. The van der Waals surface area contributed by atoms with Crippen molar-refractivity contribution in [3.05, 3.63) is 66.6 Å². The van der Waals surface area contributed by atoms with Crippen molar-refractivity contribution in [3.63, 3.8) is 0 Å². The van der Waals surface area contributed by atoms with E-state index < -0.39 is 5.54 Å². The summed E-state index contributed by atoms with van der Waals surface area (Å²) in [6.07, 6.45) is 8.78. The summed E-state index contributed by atoms with van der Waals surface area (Å²) in [7, 11) is 0. The van der Waals surface area contributed by atoms with Gasteiger partial charge in [-0.25, -0.2) is 9.67 Å². The summed E-state index contributed by atoms with van der Waals surface area (Å²) in [5.41, 5.74) is 4.86. The minimum absolute atomic E-state index is 0.0899. The van der Waals surface area contributed by atoms with Crippen molar-refractivity contribution in [2.24, 2.45) is 0 Å². The van der Waals surface area contributed by atoms with Crippen LogP contribution in [0.15, 0.2) is 61.1 Å². The Labute approximate surface area is 209 Å². The third kappa shape index (κ3) is 4.36. The molecule has 1 aliphatic rings. The first-order chi connectivity index (χ1) is 17.6. The lowest BCUT2D eigenvalue weighted by atomic mass is 9.93. The van der Waals surface area contributed by atoms with E-state index in [1.54, 1.807) is 0 Å². The number of aromatic nitrogens is 7. The monoisotopic (exact) mass is 483 g/mol. The van der Waals surface area contributed by atoms with Crippen molar-refractivity contribution < 1.29 is 9.47 Å². The van der Waals surface area contributed by atoms with Gasteiger partial charge in [0.2, 0.25) is 0 Å². The van der Waals surface area contributed by atoms with Crippen LogP contribution in [0.2, 0.25) is 0 Å². The molecule has 4 aromatic heterocycles. The zero-order valence-corrected chi connectivity index (χ0v) is 20.5. The molecule has 0 bridgehead atoms. The standard InChI is InChI=1S/C27H29N7O2/c1-27(2,21-8-9-22-19(16-21)6-5-12-28-22)34-26-24(31-32-34)11-10-23(30-26)20-17-29-33(18-20)13-15-36-25-7-3-4-14-35-25/h5-6,8-12,16-18,25H,3-4,7,13-15H2,1-2H3. The van der Waals surface area contributed by atoms with Crippen molar-refractivity contribution in [2.45, 2.75) is 51.5 Å². The topological polar surface area (TPSA) is 92.8 Å². The Kier molecular flexibility index (Phi) is 5.94. The maximum atomic E-state index is 5.85. The van der Waals surface area contributed by atoms with Crippen LogP contribution in [-0.4, -0.2) is 54.2 Å². The summed E-state index contributed by atoms with van der Waals surface area (Å²) in [5.74, 6) is 0. The summed E-state index contributed by atoms with van der Waals surface area (Å²) in [4.78, 5) is 9.38. The Morgan fingerprint density at radius 3 is 2.92 bits per heavy atom. The van der Waals surface area contributed by atoms with E-state index in [1.165, 1.54) is 0 Å². The van der Waals surface area contributed by atoms with Gasteiger partial charge in [0.05, 0.1) is 36.1 Å². The van der Waals surface area contributed by atoms with Gasteiger partial charge >= 0.3 is 0 Å². The molecule has 6 rings (SSSR count). The van der Waals surface area contributed by atoms with Gasteiger partial charge in [-0.15, -0.1) is 5.10 Å². The summed E-state index contributed by atoms with van der Waals surface area (Å²) < 4.78 is 15.3. The largest absolute Gasteiger partial charge is 0.353 e. The van der Waals surface area contributed by atoms with Crippen molar-refractivity contribution in [3.8, 4) is 11.3 Å². The Morgan fingerprint density at radius 1 is 1.11 bits per heavy atom. The Bertz CT molecular complexity index is 1500. The van der Waals surface area contributed by atoms with E-state index in [0.29, 0.717) is 13.2 Å². The number of hydrogen-bond donors (Lipinski definition) is 0. The van der Waals surface area contributed by atoms with E-state index in [4.69, 9.17) is 14.5 Å². The van der Waals surface area contributed by atoms with E-state index in [1.807, 2.05) is 52.2 Å². The van der Waals surface area contributed by atoms with Gasteiger partial charge in [0.25, 0.3) is 0 Å². The van der Waals surface area contributed by atoms with Crippen molar-refractivity contribution in [1.82, 2.24) is 34.7 Å². The quantitative estimate of drug-likeness (QED) is 0.335. The number of fused-ring (bicyclic) bond motifs is 2. The second-order valence-corrected chi connectivity index (χ2v) is 9.67. The van der Waals surface area contributed by atoms with Gasteiger partial charge < -0.3 is 9.47 Å². The number of ether oxygens (including phenoxy) is 2. The molecule has 9 nitrogen and oxygen atoms in total. The Morgan fingerprint density at radius 2 is 2.03 bits per heavy atom. The van der Waals surface area contributed by atoms with Gasteiger partial charge in [0, 0.05) is 30.0 Å². The molecule has 9 heteroatoms. The minimum Gasteiger partial charge on any atom is -0.353 e. The summed E-state index contributed by atoms with van der Waals surface area (Å²) in [5, 5.41) is 14.5. The third-order valence-corrected chi connectivity index (χ3v) is 6.83. The minimum atomic E-state index is -0.465. The first kappa shape index (κ1) is 22.8. The normalized spacial score (nSPS) is 16.7. The third-order valence-electron chi connectivity index (χ3n) is 6.83. The molecule has 0 saturated carbocycles. The van der Waals surface area contributed by atoms with E-state index in [-0.39, 0.29) is 6.29 Å². The van der Waals surface area contributed by atoms with Crippen LogP contribution in [0, 0.1) is 0 Å². The summed E-state index contributed by atoms with van der Waals surface area (Å²) >= 11 is 0. The molecule has 1 aromatic carbocycles. The van der Waals surface area contributed by atoms with Crippen LogP contribution in [0.3, 0.4) is 0 Å². The molecule has 5 aromatic rings. The average molecular weight is 484 g/mol. The van der Waals surface area contributed by atoms with Crippen LogP contribution in [-0.2, 0) is 21.6 Å². The first-order valence-electron chi connectivity index (χ1n) is 12.4. The van der Waals surface area contributed by atoms with E-state index >= 15 is 0 Å². The zero-order chi connectivity index (χ0) is 24.5. The van der Waals surface area contributed by atoms with Crippen molar-refractivity contribution >= 4 is 22.1 Å². The van der Waals surface area contributed by atoms with Crippen molar-refractivity contribution in [2.75, 3.05) is 13.2 Å². The second kappa shape index (κ2) is 9.40. The van der Waals surface area contributed by atoms with E-state index in [9.17, 15) is 0 Å². The highest BCUT2D eigenvalue weighted by Gasteiger charge is 2.27. The van der Waals surface area contributed by atoms with Gasteiger partial charge in [-0.05, 0) is 69.0 Å². The first-order valence-corrected chi connectivity index (χ1v) is 12.4. The molecule has 1 atom stereocenters. The van der Waals surface area contributed by atoms with E-state index in [2.05, 4.69) is 52.4 Å². The number of hydrogen-bond acceptors (Lipinski definition) is 7. The van der Waals surface area contributed by atoms with Gasteiger partial charge in [0.1, 0.15) is 5.52 Å². The molecule has 184 valence electrons. The SMILES string of the molecule is CC(C)(c1ccc2ncccc2c1)n1nnc2ccc(-c3cnn(CCOC4CCCCO4)c3)nc21. The zero-order valence-electron chi connectivity index (χ0n) is 20.5. The lowest BCUT2D eigenvalue weighted by Gasteiger charge is -2.26. The van der Waals surface area contributed by atoms with Crippen LogP contribution in [0.5, 0.6) is 0 Å². The lowest BCUT2D eigenvalue weighted by molar-refractivity contribution is -0.163. The Hall–Kier alpha value is -3.69. The molecule has 1 aliphatic heterocycles. The fourth-order valence-corrected chi connectivity index (χ4v) is 4.66. The molecular weight excluding hydrogens is 454 g/mol. The van der Waals surface area contributed by atoms with Crippen LogP contribution in [0.1, 0.15) is 38.7 Å². The molecule has 0 N–H and O–H groups in total. The molecule has 1 unspecified atom stereocenters. The Balaban J connectivity index is 1.24. The molecule has 1 fully saturated rings. The molecule has 36 heavy (non-hydrogen) atoms. The maximum Gasteiger partial charge on any atom is 0.179 e. The van der Waals surface area contributed by atoms with Crippen molar-refractivity contribution in [1.29, 1.82) is 0 Å². The highest BCUT2D eigenvalue weighted by atomic mass is 16.7. The molecule has 0 aliphatic carbocycles. The number of pyridine rings is 2. The smallest absolute Gasteiger partial charge is 0.179 e. The average Bonchev–Trinajstić information content (AvgIpc) is 3.56. The highest BCUT2D eigenvalue weighted by Crippen LogP contribution is 2.30. The molecule has 0 radical (unpaired) electrons. The van der Waals surface area contributed by atoms with E-state index in [0.717, 1.165) is 64.8 Å².